The summed E-state index contributed by atoms with van der Waals surface area (Å²) in [5, 5.41) is 24.9. The molecule has 3 rings (SSSR count). The number of hydrogen-bond acceptors (Lipinski definition) is 15. The summed E-state index contributed by atoms with van der Waals surface area (Å²) in [5.74, 6) is -1.71. The van der Waals surface area contributed by atoms with E-state index in [1.807, 2.05) is 0 Å². The van der Waals surface area contributed by atoms with Crippen LogP contribution in [0.2, 0.25) is 0 Å². The number of aromatic nitrogens is 4. The molecule has 0 spiro atoms. The van der Waals surface area contributed by atoms with Crippen LogP contribution in [0.4, 0.5) is 5.95 Å². The van der Waals surface area contributed by atoms with Crippen LogP contribution in [0.3, 0.4) is 0 Å². The third kappa shape index (κ3) is 8.41. The number of rotatable bonds is 14. The minimum Gasteiger partial charge on any atom is -0.479 e. The number of aliphatic hydroxyl groups excluding tert-OH is 1. The molecule has 2 aromatic rings. The van der Waals surface area contributed by atoms with Gasteiger partial charge in [0.25, 0.3) is 0 Å². The number of nitrogen functional groups attached to an aromatic ring is 1. The number of nitrogens with zero attached hydrogens (tertiary/aromatic N) is 4. The SMILES string of the molecule is CCOC(=O)[C@@H](NP(=O)(OCCC(=O)OC(C)(C)C)OC[C@H]1O[C@@H](n2cnc3c(OC)nc(N)nc32)[C@](C)(O)[C@@H]1O)C(C)C. The Kier molecular flexibility index (Phi) is 11.3. The van der Waals surface area contributed by atoms with Crippen molar-refractivity contribution in [2.75, 3.05) is 32.7 Å². The Morgan fingerprint density at radius 3 is 2.55 bits per heavy atom. The molecule has 1 saturated heterocycles. The highest BCUT2D eigenvalue weighted by atomic mass is 31.2. The number of nitrogens with two attached hydrogens (primary N) is 1. The fraction of sp³-hybridized carbons (Fsp3) is 0.731. The van der Waals surface area contributed by atoms with E-state index in [9.17, 15) is 24.4 Å². The van der Waals surface area contributed by atoms with Gasteiger partial charge in [0, 0.05) is 0 Å². The van der Waals surface area contributed by atoms with Crippen LogP contribution in [-0.4, -0.2) is 98.1 Å². The Balaban J connectivity index is 1.83. The van der Waals surface area contributed by atoms with Crippen LogP contribution >= 0.6 is 7.75 Å². The molecule has 248 valence electrons. The number of esters is 2. The molecule has 5 N–H and O–H groups in total. The lowest BCUT2D eigenvalue weighted by Crippen LogP contribution is -2.45. The molecule has 2 aromatic heterocycles. The number of anilines is 1. The summed E-state index contributed by atoms with van der Waals surface area (Å²) in [6, 6.07) is -1.11. The second-order valence-corrected chi connectivity index (χ2v) is 13.4. The van der Waals surface area contributed by atoms with Gasteiger partial charge in [-0.05, 0) is 40.5 Å². The van der Waals surface area contributed by atoms with Crippen LogP contribution in [0.1, 0.15) is 61.1 Å². The summed E-state index contributed by atoms with van der Waals surface area (Å²) in [5.41, 5.74) is 3.55. The standard InChI is InChI=1S/C26H43N6O11P/c1-9-39-22(35)17(14(2)3)31-44(37,40-11-10-16(33)43-25(4,5)6)41-12-15-19(34)26(7,36)23(42-15)32-13-28-18-20(32)29-24(27)30-21(18)38-8/h13-15,17,19,23,34,36H,9-12H2,1-8H3,(H,31,37)(H2,27,29,30)/t15-,17+,19-,23-,26-,44?/m1/s1. The first kappa shape index (κ1) is 35.6. The van der Waals surface area contributed by atoms with Gasteiger partial charge in [-0.25, -0.2) is 14.6 Å². The van der Waals surface area contributed by atoms with Crippen molar-refractivity contribution in [1.82, 2.24) is 24.6 Å². The van der Waals surface area contributed by atoms with Crippen molar-refractivity contribution in [2.24, 2.45) is 5.92 Å². The zero-order valence-electron chi connectivity index (χ0n) is 26.2. The van der Waals surface area contributed by atoms with Crippen LogP contribution in [0.25, 0.3) is 11.2 Å². The predicted octanol–water partition coefficient (Wildman–Crippen LogP) is 1.48. The largest absolute Gasteiger partial charge is 0.479 e. The van der Waals surface area contributed by atoms with E-state index >= 15 is 0 Å². The van der Waals surface area contributed by atoms with Gasteiger partial charge in [-0.15, -0.1) is 0 Å². The summed E-state index contributed by atoms with van der Waals surface area (Å²) in [7, 11) is -2.99. The minimum absolute atomic E-state index is 0.0817. The summed E-state index contributed by atoms with van der Waals surface area (Å²) in [6.45, 7) is 10.6. The quantitative estimate of drug-likeness (QED) is 0.168. The molecule has 0 aromatic carbocycles. The van der Waals surface area contributed by atoms with Gasteiger partial charge in [0.05, 0.1) is 39.7 Å². The highest BCUT2D eigenvalue weighted by Gasteiger charge is 2.54. The van der Waals surface area contributed by atoms with Gasteiger partial charge in [-0.2, -0.15) is 9.97 Å². The predicted molar refractivity (Wildman–Crippen MR) is 155 cm³/mol. The van der Waals surface area contributed by atoms with Gasteiger partial charge < -0.3 is 34.9 Å². The van der Waals surface area contributed by atoms with Crippen molar-refractivity contribution >= 4 is 36.8 Å². The molecule has 44 heavy (non-hydrogen) atoms. The van der Waals surface area contributed by atoms with E-state index in [1.165, 1.54) is 24.9 Å². The molecular weight excluding hydrogens is 603 g/mol. The van der Waals surface area contributed by atoms with E-state index in [4.69, 9.17) is 33.7 Å². The van der Waals surface area contributed by atoms with Gasteiger partial charge in [0.2, 0.25) is 11.8 Å². The molecule has 17 nitrogen and oxygen atoms in total. The van der Waals surface area contributed by atoms with Crippen molar-refractivity contribution in [3.8, 4) is 5.88 Å². The summed E-state index contributed by atoms with van der Waals surface area (Å²) in [4.78, 5) is 37.2. The van der Waals surface area contributed by atoms with E-state index in [0.29, 0.717) is 0 Å². The zero-order valence-corrected chi connectivity index (χ0v) is 27.1. The van der Waals surface area contributed by atoms with E-state index < -0.39 is 67.9 Å². The van der Waals surface area contributed by atoms with Gasteiger partial charge in [0.15, 0.2) is 17.4 Å². The average molecular weight is 647 g/mol. The Hall–Kier alpha value is -2.92. The first-order valence-corrected chi connectivity index (χ1v) is 15.6. The molecule has 1 fully saturated rings. The van der Waals surface area contributed by atoms with Gasteiger partial charge in [-0.1, -0.05) is 13.8 Å². The van der Waals surface area contributed by atoms with E-state index in [0.717, 1.165) is 0 Å². The Labute approximate surface area is 255 Å². The van der Waals surface area contributed by atoms with Gasteiger partial charge in [-0.3, -0.25) is 23.2 Å². The van der Waals surface area contributed by atoms with Crippen LogP contribution in [-0.2, 0) is 37.4 Å². The molecule has 6 atom stereocenters. The molecule has 1 unspecified atom stereocenters. The Morgan fingerprint density at radius 1 is 1.27 bits per heavy atom. The first-order chi connectivity index (χ1) is 20.4. The van der Waals surface area contributed by atoms with Crippen molar-refractivity contribution in [1.29, 1.82) is 0 Å². The first-order valence-electron chi connectivity index (χ1n) is 14.1. The number of fused-ring (bicyclic) bond motifs is 1. The monoisotopic (exact) mass is 646 g/mol. The van der Waals surface area contributed by atoms with Crippen LogP contribution < -0.4 is 15.6 Å². The normalized spacial score (nSPS) is 24.3. The highest BCUT2D eigenvalue weighted by Crippen LogP contribution is 2.47. The number of carbonyl (C=O) groups is 2. The number of hydrogen-bond donors (Lipinski definition) is 4. The molecule has 1 aliphatic heterocycles. The number of methoxy groups -OCH3 is 1. The second kappa shape index (κ2) is 14.0. The van der Waals surface area contributed by atoms with Crippen LogP contribution in [0, 0.1) is 5.92 Å². The number of carbonyl (C=O) groups excluding carboxylic acids is 2. The van der Waals surface area contributed by atoms with E-state index in [2.05, 4.69) is 20.0 Å². The zero-order chi connectivity index (χ0) is 33.0. The molecule has 0 saturated carbocycles. The van der Waals surface area contributed by atoms with Gasteiger partial charge >= 0.3 is 19.7 Å². The maximum atomic E-state index is 13.9. The fourth-order valence-electron chi connectivity index (χ4n) is 4.40. The second-order valence-electron chi connectivity index (χ2n) is 11.7. The number of imidazole rings is 1. The smallest absolute Gasteiger partial charge is 0.406 e. The molecule has 3 heterocycles. The Morgan fingerprint density at radius 2 is 1.95 bits per heavy atom. The van der Waals surface area contributed by atoms with Gasteiger partial charge in [0.1, 0.15) is 29.5 Å². The number of ether oxygens (including phenoxy) is 4. The third-order valence-corrected chi connectivity index (χ3v) is 8.11. The fourth-order valence-corrected chi connectivity index (χ4v) is 6.04. The molecule has 0 amide bonds. The van der Waals surface area contributed by atoms with Crippen molar-refractivity contribution in [2.45, 2.75) is 90.6 Å². The lowest BCUT2D eigenvalue weighted by molar-refractivity contribution is -0.155. The van der Waals surface area contributed by atoms with Crippen LogP contribution in [0.15, 0.2) is 6.33 Å². The molecular formula is C26H43N6O11P. The average Bonchev–Trinajstić information content (AvgIpc) is 3.42. The number of nitrogens with one attached hydrogen (secondary N) is 1. The van der Waals surface area contributed by atoms with E-state index in [-0.39, 0.29) is 42.6 Å². The van der Waals surface area contributed by atoms with Crippen molar-refractivity contribution in [3.05, 3.63) is 6.33 Å². The third-order valence-electron chi connectivity index (χ3n) is 6.51. The van der Waals surface area contributed by atoms with Crippen molar-refractivity contribution in [3.63, 3.8) is 0 Å². The summed E-state index contributed by atoms with van der Waals surface area (Å²) >= 11 is 0. The Bertz CT molecular complexity index is 1360. The molecule has 18 heteroatoms. The summed E-state index contributed by atoms with van der Waals surface area (Å²) < 4.78 is 48.0. The maximum absolute atomic E-state index is 13.9. The molecule has 1 aliphatic rings. The molecule has 0 bridgehead atoms. The topological polar surface area (TPSA) is 229 Å². The highest BCUT2D eigenvalue weighted by molar-refractivity contribution is 7.51. The lowest BCUT2D eigenvalue weighted by atomic mass is 9.96. The minimum atomic E-state index is -4.38. The number of aliphatic hydroxyl groups is 2. The van der Waals surface area contributed by atoms with E-state index in [1.54, 1.807) is 41.5 Å². The molecule has 0 aliphatic carbocycles. The summed E-state index contributed by atoms with van der Waals surface area (Å²) in [6.07, 6.45) is -3.02. The van der Waals surface area contributed by atoms with Crippen LogP contribution in [0.5, 0.6) is 5.88 Å². The lowest BCUT2D eigenvalue weighted by Gasteiger charge is -2.28. The maximum Gasteiger partial charge on any atom is 0.406 e. The molecule has 0 radical (unpaired) electrons. The van der Waals surface area contributed by atoms with Crippen molar-refractivity contribution < 1.29 is 52.4 Å².